The number of hydrogen-bond donors (Lipinski definition) is 6. The van der Waals surface area contributed by atoms with Crippen LogP contribution in [0.1, 0.15) is 18.4 Å². The first-order chi connectivity index (χ1) is 23.1. The molecule has 0 aromatic heterocycles. The van der Waals surface area contributed by atoms with Crippen molar-refractivity contribution in [2.24, 2.45) is 17.8 Å². The summed E-state index contributed by atoms with van der Waals surface area (Å²) in [6, 6.07) is 9.65. The van der Waals surface area contributed by atoms with Crippen LogP contribution in [0.4, 0.5) is 0 Å². The van der Waals surface area contributed by atoms with Gasteiger partial charge in [0, 0.05) is 12.5 Å². The van der Waals surface area contributed by atoms with Crippen LogP contribution in [-0.4, -0.2) is 130 Å². The second-order valence-corrected chi connectivity index (χ2v) is 13.2. The third kappa shape index (κ3) is 14.9. The fraction of sp³-hybridized carbons (Fsp3) is 0.586. The summed E-state index contributed by atoms with van der Waals surface area (Å²) in [5.41, 5.74) is 1.01. The van der Waals surface area contributed by atoms with Gasteiger partial charge in [0.2, 0.25) is 5.91 Å². The molecule has 1 aromatic rings. The number of carboxylic acids is 1. The number of amides is 1. The van der Waals surface area contributed by atoms with Gasteiger partial charge in [-0.05, 0) is 30.2 Å². The van der Waals surface area contributed by atoms with Crippen molar-refractivity contribution in [1.29, 1.82) is 0 Å². The number of benzene rings is 1. The molecule has 1 aromatic carbocycles. The molecule has 6 N–H and O–H groups in total. The number of ether oxygens (including phenoxy) is 4. The van der Waals surface area contributed by atoms with Gasteiger partial charge >= 0.3 is 26.8 Å². The molecule has 0 bridgehead atoms. The molecule has 0 radical (unpaired) electrons. The van der Waals surface area contributed by atoms with Gasteiger partial charge in [0.15, 0.2) is 6.29 Å². The van der Waals surface area contributed by atoms with E-state index in [2.05, 4.69) is 13.7 Å². The number of carbonyl (C=O) groups excluding carboxylic acids is 1. The van der Waals surface area contributed by atoms with Gasteiger partial charge in [-0.2, -0.15) is 16.8 Å². The Labute approximate surface area is 283 Å². The minimum Gasteiger partial charge on any atom is -0.480 e. The van der Waals surface area contributed by atoms with Crippen molar-refractivity contribution >= 4 is 38.8 Å². The number of rotatable bonds is 20. The molecule has 1 amide bonds. The second-order valence-electron chi connectivity index (χ2n) is 11.1. The first kappa shape index (κ1) is 40.6. The number of hydrogen-bond acceptors (Lipinski definition) is 14. The summed E-state index contributed by atoms with van der Waals surface area (Å²) in [5, 5.41) is 32.2. The average Bonchev–Trinajstić information content (AvgIpc) is 3.44. The highest BCUT2D eigenvalue weighted by Gasteiger charge is 2.48. The molecular weight excluding hydrogens is 698 g/mol. The van der Waals surface area contributed by atoms with Crippen molar-refractivity contribution in [1.82, 2.24) is 5.32 Å². The summed E-state index contributed by atoms with van der Waals surface area (Å²) in [6.45, 7) is -1.36. The van der Waals surface area contributed by atoms with E-state index in [1.807, 2.05) is 48.6 Å². The molecule has 20 heteroatoms. The molecule has 3 rings (SSSR count). The van der Waals surface area contributed by atoms with E-state index in [4.69, 9.17) is 33.2 Å². The number of aliphatic hydroxyl groups excluding tert-OH is 2. The number of aliphatic hydroxyl groups is 2. The maximum atomic E-state index is 13.3. The third-order valence-corrected chi connectivity index (χ3v) is 8.38. The van der Waals surface area contributed by atoms with E-state index >= 15 is 0 Å². The van der Waals surface area contributed by atoms with Gasteiger partial charge in [-0.15, -0.1) is 0 Å². The summed E-state index contributed by atoms with van der Waals surface area (Å²) in [5.74, 6) is -1.91. The summed E-state index contributed by atoms with van der Waals surface area (Å²) in [6.07, 6.45) is -0.695. The molecule has 49 heavy (non-hydrogen) atoms. The van der Waals surface area contributed by atoms with Crippen molar-refractivity contribution < 1.29 is 78.2 Å². The predicted octanol–water partition coefficient (Wildman–Crippen LogP) is -0.397. The van der Waals surface area contributed by atoms with E-state index in [9.17, 15) is 36.6 Å². The zero-order valence-corrected chi connectivity index (χ0v) is 27.8. The Hall–Kier alpha value is -2.86. The third-order valence-electron chi connectivity index (χ3n) is 7.48. The molecule has 18 nitrogen and oxygen atoms in total. The van der Waals surface area contributed by atoms with Crippen LogP contribution in [0.3, 0.4) is 0 Å². The summed E-state index contributed by atoms with van der Waals surface area (Å²) in [7, 11) is -10.2. The Balaban J connectivity index is 1.58. The van der Waals surface area contributed by atoms with Crippen LogP contribution >= 0.6 is 0 Å². The zero-order valence-electron chi connectivity index (χ0n) is 26.1. The van der Waals surface area contributed by atoms with E-state index in [0.29, 0.717) is 12.8 Å². The van der Waals surface area contributed by atoms with E-state index in [1.54, 1.807) is 6.08 Å². The molecule has 0 spiro atoms. The molecule has 8 atom stereocenters. The lowest BCUT2D eigenvalue weighted by Crippen LogP contribution is -2.61. The largest absolute Gasteiger partial charge is 0.480 e. The van der Waals surface area contributed by atoms with Crippen molar-refractivity contribution in [3.63, 3.8) is 0 Å². The van der Waals surface area contributed by atoms with Crippen LogP contribution in [-0.2, 0) is 57.7 Å². The summed E-state index contributed by atoms with van der Waals surface area (Å²) < 4.78 is 92.0. The van der Waals surface area contributed by atoms with Crippen LogP contribution < -0.4 is 5.32 Å². The van der Waals surface area contributed by atoms with Gasteiger partial charge in [-0.1, -0.05) is 54.6 Å². The molecule has 276 valence electrons. The number of aliphatic carboxylic acids is 1. The molecular formula is C29H41NO17S2. The average molecular weight is 740 g/mol. The van der Waals surface area contributed by atoms with E-state index in [-0.39, 0.29) is 50.7 Å². The predicted molar refractivity (Wildman–Crippen MR) is 167 cm³/mol. The maximum absolute atomic E-state index is 13.3. The lowest BCUT2D eigenvalue weighted by atomic mass is 9.95. The van der Waals surface area contributed by atoms with E-state index < -0.39 is 76.6 Å². The highest BCUT2D eigenvalue weighted by Crippen LogP contribution is 2.38. The van der Waals surface area contributed by atoms with Gasteiger partial charge in [-0.25, -0.2) is 13.2 Å². The monoisotopic (exact) mass is 739 g/mol. The minimum absolute atomic E-state index is 0.0750. The van der Waals surface area contributed by atoms with Crippen LogP contribution in [0.15, 0.2) is 48.6 Å². The Morgan fingerprint density at radius 3 is 2.33 bits per heavy atom. The van der Waals surface area contributed by atoms with Crippen molar-refractivity contribution in [2.75, 3.05) is 46.2 Å². The maximum Gasteiger partial charge on any atom is 0.397 e. The van der Waals surface area contributed by atoms with Crippen LogP contribution in [0, 0.1) is 17.8 Å². The van der Waals surface area contributed by atoms with Gasteiger partial charge in [0.25, 0.3) is 0 Å². The van der Waals surface area contributed by atoms with Crippen LogP contribution in [0.5, 0.6) is 0 Å². The van der Waals surface area contributed by atoms with Crippen molar-refractivity contribution in [3.8, 4) is 0 Å². The van der Waals surface area contributed by atoms with Crippen molar-refractivity contribution in [2.45, 2.75) is 43.5 Å². The molecule has 1 aliphatic heterocycles. The van der Waals surface area contributed by atoms with E-state index in [0.717, 1.165) is 5.56 Å². The lowest BCUT2D eigenvalue weighted by Gasteiger charge is -2.41. The van der Waals surface area contributed by atoms with Gasteiger partial charge < -0.3 is 39.6 Å². The minimum atomic E-state index is -5.21. The lowest BCUT2D eigenvalue weighted by molar-refractivity contribution is -0.295. The topological polar surface area (TPSA) is 271 Å². The Bertz CT molecular complexity index is 1470. The zero-order chi connectivity index (χ0) is 36.0. The summed E-state index contributed by atoms with van der Waals surface area (Å²) in [4.78, 5) is 23.8. The van der Waals surface area contributed by atoms with Crippen LogP contribution in [0.25, 0.3) is 6.08 Å². The number of carboxylic acid groups (broad SMARTS) is 1. The first-order valence-corrected chi connectivity index (χ1v) is 17.8. The molecule has 2 aliphatic rings. The first-order valence-electron chi connectivity index (χ1n) is 15.1. The standard InChI is InChI=1S/C29H41NO17S2/c31-24(32)18-43-14-13-42-11-4-7-21-15-20(9-8-19-5-2-1-3-6-19)16-22(21)28(35)30-10-12-44-29-26(34)27(47-49(39,40)41)25(33)23(46-29)17-45-48(36,37)38/h1-9,20-23,25-27,29,33-34H,10-18H2,(H,30,35)(H,31,32)(H,36,37,38)(H,39,40,41)/b7-4+,9-8+. The fourth-order valence-corrected chi connectivity index (χ4v) is 6.13. The smallest absolute Gasteiger partial charge is 0.397 e. The molecule has 1 saturated heterocycles. The molecule has 1 heterocycles. The van der Waals surface area contributed by atoms with Crippen LogP contribution in [0.2, 0.25) is 0 Å². The molecule has 2 fully saturated rings. The van der Waals surface area contributed by atoms with E-state index in [1.165, 1.54) is 0 Å². The van der Waals surface area contributed by atoms with Gasteiger partial charge in [-0.3, -0.25) is 13.9 Å². The number of carbonyl (C=O) groups is 2. The second kappa shape index (κ2) is 19.5. The fourth-order valence-electron chi connectivity index (χ4n) is 5.32. The Morgan fingerprint density at radius 1 is 0.939 bits per heavy atom. The van der Waals surface area contributed by atoms with Gasteiger partial charge in [0.1, 0.15) is 31.0 Å². The number of nitrogens with one attached hydrogen (secondary N) is 1. The SMILES string of the molecule is O=C(O)COCCOC/C=C/C1CC(/C=C/c2ccccc2)CC1C(=O)NCCOC1OC(COS(=O)(=O)O)C(O)C(OS(=O)(=O)O)C1O. The molecule has 1 saturated carbocycles. The highest BCUT2D eigenvalue weighted by atomic mass is 32.3. The normalized spacial score (nSPS) is 27.9. The van der Waals surface area contributed by atoms with Gasteiger partial charge in [0.05, 0.1) is 33.0 Å². The highest BCUT2D eigenvalue weighted by molar-refractivity contribution is 7.81. The molecule has 8 unspecified atom stereocenters. The number of allylic oxidation sites excluding steroid dienone is 2. The summed E-state index contributed by atoms with van der Waals surface area (Å²) >= 11 is 0. The Morgan fingerprint density at radius 2 is 1.65 bits per heavy atom. The molecule has 1 aliphatic carbocycles. The Kier molecular flexibility index (Phi) is 16.2. The quantitative estimate of drug-likeness (QED) is 0.0564. The van der Waals surface area contributed by atoms with Crippen molar-refractivity contribution in [3.05, 3.63) is 54.1 Å².